The highest BCUT2D eigenvalue weighted by Crippen LogP contribution is 2.20. The molecule has 0 heterocycles. The molecule has 0 bridgehead atoms. The Balaban J connectivity index is 2.16. The van der Waals surface area contributed by atoms with Crippen molar-refractivity contribution in [2.75, 3.05) is 0 Å². The third-order valence-corrected chi connectivity index (χ3v) is 3.41. The summed E-state index contributed by atoms with van der Waals surface area (Å²) in [6.45, 7) is 4.29. The van der Waals surface area contributed by atoms with Crippen LogP contribution in [0.15, 0.2) is 48.5 Å². The number of nitrogens with two attached hydrogens (primary N) is 1. The van der Waals surface area contributed by atoms with Gasteiger partial charge in [0.05, 0.1) is 0 Å². The van der Waals surface area contributed by atoms with E-state index in [-0.39, 0.29) is 6.04 Å². The molecule has 2 aromatic rings. The van der Waals surface area contributed by atoms with Gasteiger partial charge >= 0.3 is 0 Å². The van der Waals surface area contributed by atoms with E-state index < -0.39 is 0 Å². The van der Waals surface area contributed by atoms with Crippen molar-refractivity contribution in [1.29, 1.82) is 0 Å². The Morgan fingerprint density at radius 1 is 1.00 bits per heavy atom. The minimum absolute atomic E-state index is 0.0869. The van der Waals surface area contributed by atoms with Gasteiger partial charge in [-0.15, -0.1) is 0 Å². The van der Waals surface area contributed by atoms with E-state index in [2.05, 4.69) is 62.4 Å². The third-order valence-electron chi connectivity index (χ3n) is 3.41. The zero-order valence-electron chi connectivity index (χ0n) is 11.2. The Morgan fingerprint density at radius 3 is 2.33 bits per heavy atom. The minimum Gasteiger partial charge on any atom is -0.324 e. The largest absolute Gasteiger partial charge is 0.324 e. The van der Waals surface area contributed by atoms with Crippen LogP contribution in [0, 0.1) is 6.92 Å². The highest BCUT2D eigenvalue weighted by atomic mass is 14.6. The predicted octanol–water partition coefficient (Wildman–Crippen LogP) is 3.80. The molecule has 0 saturated heterocycles. The summed E-state index contributed by atoms with van der Waals surface area (Å²) in [4.78, 5) is 0. The predicted molar refractivity (Wildman–Crippen MR) is 77.6 cm³/mol. The Bertz CT molecular complexity index is 499. The van der Waals surface area contributed by atoms with E-state index in [4.69, 9.17) is 5.73 Å². The molecule has 0 fully saturated rings. The van der Waals surface area contributed by atoms with Crippen molar-refractivity contribution in [3.63, 3.8) is 0 Å². The number of hydrogen-bond acceptors (Lipinski definition) is 1. The Kier molecular flexibility index (Phi) is 4.16. The maximum absolute atomic E-state index is 6.34. The maximum Gasteiger partial charge on any atom is 0.0338 e. The first-order valence-corrected chi connectivity index (χ1v) is 6.59. The van der Waals surface area contributed by atoms with Crippen molar-refractivity contribution in [3.8, 4) is 0 Å². The number of rotatable bonds is 4. The molecular formula is C17H21N. The van der Waals surface area contributed by atoms with Crippen LogP contribution in [0.3, 0.4) is 0 Å². The highest BCUT2D eigenvalue weighted by Gasteiger charge is 2.10. The summed E-state index contributed by atoms with van der Waals surface area (Å²) in [7, 11) is 0. The van der Waals surface area contributed by atoms with Crippen LogP contribution in [0.4, 0.5) is 0 Å². The second-order valence-corrected chi connectivity index (χ2v) is 4.85. The van der Waals surface area contributed by atoms with E-state index in [1.165, 1.54) is 22.3 Å². The summed E-state index contributed by atoms with van der Waals surface area (Å²) < 4.78 is 0. The van der Waals surface area contributed by atoms with Gasteiger partial charge in [-0.05, 0) is 36.5 Å². The maximum atomic E-state index is 6.34. The average molecular weight is 239 g/mol. The lowest BCUT2D eigenvalue weighted by Gasteiger charge is -2.16. The van der Waals surface area contributed by atoms with Crippen LogP contribution < -0.4 is 5.73 Å². The van der Waals surface area contributed by atoms with Crippen LogP contribution in [0.2, 0.25) is 0 Å². The minimum atomic E-state index is 0.0869. The molecule has 2 rings (SSSR count). The molecule has 0 aliphatic carbocycles. The van der Waals surface area contributed by atoms with Gasteiger partial charge in [0.2, 0.25) is 0 Å². The smallest absolute Gasteiger partial charge is 0.0338 e. The number of hydrogen-bond donors (Lipinski definition) is 1. The van der Waals surface area contributed by atoms with Crippen LogP contribution in [-0.4, -0.2) is 0 Å². The lowest BCUT2D eigenvalue weighted by atomic mass is 9.94. The van der Waals surface area contributed by atoms with Crippen LogP contribution in [0.5, 0.6) is 0 Å². The molecule has 2 aromatic carbocycles. The Labute approximate surface area is 110 Å². The molecule has 0 amide bonds. The molecule has 1 heteroatoms. The second kappa shape index (κ2) is 5.83. The zero-order valence-corrected chi connectivity index (χ0v) is 11.2. The van der Waals surface area contributed by atoms with E-state index in [9.17, 15) is 0 Å². The third kappa shape index (κ3) is 2.99. The molecule has 1 nitrogen and oxygen atoms in total. The monoisotopic (exact) mass is 239 g/mol. The highest BCUT2D eigenvalue weighted by molar-refractivity contribution is 5.32. The van der Waals surface area contributed by atoms with Crippen LogP contribution in [0.25, 0.3) is 0 Å². The van der Waals surface area contributed by atoms with Gasteiger partial charge in [-0.1, -0.05) is 61.0 Å². The van der Waals surface area contributed by atoms with Gasteiger partial charge in [0.15, 0.2) is 0 Å². The van der Waals surface area contributed by atoms with Gasteiger partial charge in [0.1, 0.15) is 0 Å². The van der Waals surface area contributed by atoms with Gasteiger partial charge < -0.3 is 5.73 Å². The van der Waals surface area contributed by atoms with Gasteiger partial charge in [-0.25, -0.2) is 0 Å². The Hall–Kier alpha value is -1.60. The molecule has 2 N–H and O–H groups in total. The molecule has 0 aromatic heterocycles. The summed E-state index contributed by atoms with van der Waals surface area (Å²) in [5, 5.41) is 0. The molecule has 1 atom stereocenters. The topological polar surface area (TPSA) is 26.0 Å². The summed E-state index contributed by atoms with van der Waals surface area (Å²) in [6.07, 6.45) is 1.94. The number of benzene rings is 2. The van der Waals surface area contributed by atoms with Crippen molar-refractivity contribution in [2.24, 2.45) is 5.73 Å². The molecule has 0 spiro atoms. The SMILES string of the molecule is CCc1ccccc1C(N)Cc1ccc(C)cc1. The fourth-order valence-electron chi connectivity index (χ4n) is 2.31. The molecule has 0 radical (unpaired) electrons. The van der Waals surface area contributed by atoms with Gasteiger partial charge in [-0.2, -0.15) is 0 Å². The first kappa shape index (κ1) is 12.8. The standard InChI is InChI=1S/C17H21N/c1-3-15-6-4-5-7-16(15)17(18)12-14-10-8-13(2)9-11-14/h4-11,17H,3,12,18H2,1-2H3. The van der Waals surface area contributed by atoms with Crippen molar-refractivity contribution in [1.82, 2.24) is 0 Å². The summed E-state index contributed by atoms with van der Waals surface area (Å²) in [5.41, 5.74) is 11.6. The fraction of sp³-hybridized carbons (Fsp3) is 0.294. The summed E-state index contributed by atoms with van der Waals surface area (Å²) in [6, 6.07) is 17.2. The quantitative estimate of drug-likeness (QED) is 0.863. The second-order valence-electron chi connectivity index (χ2n) is 4.85. The van der Waals surface area contributed by atoms with E-state index in [0.717, 1.165) is 12.8 Å². The lowest BCUT2D eigenvalue weighted by molar-refractivity contribution is 0.712. The van der Waals surface area contributed by atoms with Crippen molar-refractivity contribution in [2.45, 2.75) is 32.7 Å². The first-order chi connectivity index (χ1) is 8.70. The molecule has 1 unspecified atom stereocenters. The van der Waals surface area contributed by atoms with Gasteiger partial charge in [-0.3, -0.25) is 0 Å². The molecule has 18 heavy (non-hydrogen) atoms. The van der Waals surface area contributed by atoms with E-state index in [0.29, 0.717) is 0 Å². The Morgan fingerprint density at radius 2 is 1.67 bits per heavy atom. The molecular weight excluding hydrogens is 218 g/mol. The van der Waals surface area contributed by atoms with Crippen LogP contribution in [-0.2, 0) is 12.8 Å². The zero-order chi connectivity index (χ0) is 13.0. The van der Waals surface area contributed by atoms with E-state index >= 15 is 0 Å². The summed E-state index contributed by atoms with van der Waals surface area (Å²) in [5.74, 6) is 0. The van der Waals surface area contributed by atoms with Crippen molar-refractivity contribution < 1.29 is 0 Å². The average Bonchev–Trinajstić information content (AvgIpc) is 2.41. The first-order valence-electron chi connectivity index (χ1n) is 6.59. The molecule has 0 saturated carbocycles. The van der Waals surface area contributed by atoms with Gasteiger partial charge in [0.25, 0.3) is 0 Å². The van der Waals surface area contributed by atoms with Crippen molar-refractivity contribution >= 4 is 0 Å². The fourth-order valence-corrected chi connectivity index (χ4v) is 2.31. The van der Waals surface area contributed by atoms with Gasteiger partial charge in [0, 0.05) is 6.04 Å². The van der Waals surface area contributed by atoms with Crippen LogP contribution >= 0.6 is 0 Å². The van der Waals surface area contributed by atoms with E-state index in [1.807, 2.05) is 0 Å². The van der Waals surface area contributed by atoms with Crippen LogP contribution in [0.1, 0.15) is 35.2 Å². The van der Waals surface area contributed by atoms with E-state index in [1.54, 1.807) is 0 Å². The molecule has 0 aliphatic heterocycles. The molecule has 94 valence electrons. The number of aryl methyl sites for hydroxylation is 2. The normalized spacial score (nSPS) is 12.4. The van der Waals surface area contributed by atoms with Crippen molar-refractivity contribution in [3.05, 3.63) is 70.8 Å². The lowest BCUT2D eigenvalue weighted by Crippen LogP contribution is -2.15. The summed E-state index contributed by atoms with van der Waals surface area (Å²) >= 11 is 0. The molecule has 0 aliphatic rings.